The second kappa shape index (κ2) is 7.95. The second-order valence-electron chi connectivity index (χ2n) is 7.36. The summed E-state index contributed by atoms with van der Waals surface area (Å²) in [6.07, 6.45) is 0.676. The summed E-state index contributed by atoms with van der Waals surface area (Å²) in [7, 11) is 0. The quantitative estimate of drug-likeness (QED) is 0.729. The van der Waals surface area contributed by atoms with Gasteiger partial charge in [0.05, 0.1) is 5.02 Å². The molecule has 0 bridgehead atoms. The molecule has 0 aromatic heterocycles. The van der Waals surface area contributed by atoms with Gasteiger partial charge < -0.3 is 15.1 Å². The lowest BCUT2D eigenvalue weighted by Crippen LogP contribution is -2.53. The van der Waals surface area contributed by atoms with Gasteiger partial charge in [0.2, 0.25) is 5.91 Å². The lowest BCUT2D eigenvalue weighted by atomic mass is 9.85. The van der Waals surface area contributed by atoms with Crippen molar-refractivity contribution in [2.45, 2.75) is 32.2 Å². The van der Waals surface area contributed by atoms with Gasteiger partial charge in [-0.05, 0) is 31.0 Å². The van der Waals surface area contributed by atoms with Gasteiger partial charge in [-0.25, -0.2) is 9.18 Å². The minimum absolute atomic E-state index is 0.0430. The molecular weight excluding hydrogens is 387 g/mol. The van der Waals surface area contributed by atoms with E-state index in [1.165, 1.54) is 6.07 Å². The topological polar surface area (TPSA) is 81.8 Å². The lowest BCUT2D eigenvalue weighted by molar-refractivity contribution is -0.136. The minimum Gasteiger partial charge on any atom is -0.368 e. The van der Waals surface area contributed by atoms with E-state index >= 15 is 0 Å². The molecule has 0 spiro atoms. The SMILES string of the molecule is CCC1(CC(C)C(=O)N2CCN(c3ccc(F)c(Cl)c3)CC2)NC(=O)NC1=O. The number of rotatable bonds is 5. The van der Waals surface area contributed by atoms with Gasteiger partial charge >= 0.3 is 6.03 Å². The molecule has 0 aliphatic carbocycles. The smallest absolute Gasteiger partial charge is 0.322 e. The molecule has 2 atom stereocenters. The molecule has 2 N–H and O–H groups in total. The largest absolute Gasteiger partial charge is 0.368 e. The van der Waals surface area contributed by atoms with Crippen LogP contribution in [0.4, 0.5) is 14.9 Å². The number of hydrogen-bond donors (Lipinski definition) is 2. The molecule has 2 unspecified atom stereocenters. The number of amides is 4. The third-order valence-electron chi connectivity index (χ3n) is 5.55. The van der Waals surface area contributed by atoms with Crippen LogP contribution in [0.3, 0.4) is 0 Å². The van der Waals surface area contributed by atoms with Crippen molar-refractivity contribution >= 4 is 35.1 Å². The number of carbonyl (C=O) groups is 3. The number of piperazine rings is 1. The van der Waals surface area contributed by atoms with Crippen LogP contribution in [0, 0.1) is 11.7 Å². The van der Waals surface area contributed by atoms with Crippen molar-refractivity contribution < 1.29 is 18.8 Å². The highest BCUT2D eigenvalue weighted by molar-refractivity contribution is 6.31. The number of carbonyl (C=O) groups excluding carboxylic acids is 3. The van der Waals surface area contributed by atoms with Crippen LogP contribution < -0.4 is 15.5 Å². The maximum Gasteiger partial charge on any atom is 0.322 e. The molecule has 1 aromatic rings. The molecular formula is C19H24ClFN4O3. The van der Waals surface area contributed by atoms with Gasteiger partial charge in [0, 0.05) is 37.8 Å². The van der Waals surface area contributed by atoms with Crippen LogP contribution >= 0.6 is 11.6 Å². The molecule has 28 heavy (non-hydrogen) atoms. The van der Waals surface area contributed by atoms with E-state index in [1.807, 2.05) is 6.92 Å². The van der Waals surface area contributed by atoms with Crippen molar-refractivity contribution in [3.8, 4) is 0 Å². The van der Waals surface area contributed by atoms with Crippen LogP contribution in [0.1, 0.15) is 26.7 Å². The van der Waals surface area contributed by atoms with E-state index in [2.05, 4.69) is 15.5 Å². The molecule has 3 rings (SSSR count). The molecule has 2 fully saturated rings. The van der Waals surface area contributed by atoms with Gasteiger partial charge in [0.1, 0.15) is 11.4 Å². The summed E-state index contributed by atoms with van der Waals surface area (Å²) < 4.78 is 13.3. The summed E-state index contributed by atoms with van der Waals surface area (Å²) in [6.45, 7) is 5.86. The van der Waals surface area contributed by atoms with Crippen LogP contribution in [0.15, 0.2) is 18.2 Å². The molecule has 9 heteroatoms. The molecule has 152 valence electrons. The van der Waals surface area contributed by atoms with Crippen molar-refractivity contribution in [2.75, 3.05) is 31.1 Å². The van der Waals surface area contributed by atoms with E-state index in [4.69, 9.17) is 11.6 Å². The normalized spacial score (nSPS) is 23.4. The van der Waals surface area contributed by atoms with Crippen molar-refractivity contribution in [3.05, 3.63) is 29.0 Å². The first-order valence-electron chi connectivity index (χ1n) is 9.38. The number of nitrogens with zero attached hydrogens (tertiary/aromatic N) is 2. The second-order valence-corrected chi connectivity index (χ2v) is 7.77. The van der Waals surface area contributed by atoms with Crippen molar-refractivity contribution in [3.63, 3.8) is 0 Å². The number of hydrogen-bond acceptors (Lipinski definition) is 4. The monoisotopic (exact) mass is 410 g/mol. The molecule has 1 aromatic carbocycles. The van der Waals surface area contributed by atoms with Crippen molar-refractivity contribution in [1.82, 2.24) is 15.5 Å². The average Bonchev–Trinajstić information content (AvgIpc) is 2.96. The third-order valence-corrected chi connectivity index (χ3v) is 5.84. The highest BCUT2D eigenvalue weighted by atomic mass is 35.5. The minimum atomic E-state index is -1.03. The summed E-state index contributed by atoms with van der Waals surface area (Å²) in [5.41, 5.74) is -0.208. The van der Waals surface area contributed by atoms with Crippen LogP contribution in [0.5, 0.6) is 0 Å². The van der Waals surface area contributed by atoms with Gasteiger partial charge in [0.25, 0.3) is 5.91 Å². The predicted molar refractivity (Wildman–Crippen MR) is 104 cm³/mol. The molecule has 2 aliphatic heterocycles. The fraction of sp³-hybridized carbons (Fsp3) is 0.526. The van der Waals surface area contributed by atoms with Gasteiger partial charge in [-0.3, -0.25) is 14.9 Å². The highest BCUT2D eigenvalue weighted by Crippen LogP contribution is 2.27. The van der Waals surface area contributed by atoms with E-state index in [9.17, 15) is 18.8 Å². The molecule has 7 nitrogen and oxygen atoms in total. The standard InChI is InChI=1S/C19H24ClFN4O3/c1-3-19(17(27)22-18(28)23-19)11-12(2)16(26)25-8-6-24(7-9-25)13-4-5-15(21)14(20)10-13/h4-5,10,12H,3,6-9,11H2,1-2H3,(H2,22,23,27,28). The Morgan fingerprint density at radius 3 is 2.50 bits per heavy atom. The van der Waals surface area contributed by atoms with Crippen LogP contribution in [-0.4, -0.2) is 54.5 Å². The first-order valence-corrected chi connectivity index (χ1v) is 9.76. The zero-order chi connectivity index (χ0) is 20.5. The Morgan fingerprint density at radius 2 is 1.96 bits per heavy atom. The molecule has 2 heterocycles. The van der Waals surface area contributed by atoms with E-state index in [-0.39, 0.29) is 23.3 Å². The molecule has 2 saturated heterocycles. The summed E-state index contributed by atoms with van der Waals surface area (Å²) in [5, 5.41) is 5.00. The fourth-order valence-corrected chi connectivity index (χ4v) is 4.03. The Labute approximate surface area is 168 Å². The number of anilines is 1. The molecule has 0 radical (unpaired) electrons. The van der Waals surface area contributed by atoms with E-state index in [1.54, 1.807) is 24.0 Å². The first kappa shape index (κ1) is 20.4. The third kappa shape index (κ3) is 3.92. The van der Waals surface area contributed by atoms with Gasteiger partial charge in [-0.1, -0.05) is 25.4 Å². The van der Waals surface area contributed by atoms with E-state index in [0.717, 1.165) is 5.69 Å². The number of halogens is 2. The number of nitrogens with one attached hydrogen (secondary N) is 2. The summed E-state index contributed by atoms with van der Waals surface area (Å²) >= 11 is 5.85. The lowest BCUT2D eigenvalue weighted by Gasteiger charge is -2.38. The summed E-state index contributed by atoms with van der Waals surface area (Å²) in [4.78, 5) is 40.4. The van der Waals surface area contributed by atoms with Crippen LogP contribution in [0.25, 0.3) is 0 Å². The Kier molecular flexibility index (Phi) is 5.79. The maximum absolute atomic E-state index is 13.3. The van der Waals surface area contributed by atoms with Crippen molar-refractivity contribution in [1.29, 1.82) is 0 Å². The fourth-order valence-electron chi connectivity index (χ4n) is 3.85. The number of urea groups is 1. The Hall–Kier alpha value is -2.35. The van der Waals surface area contributed by atoms with Crippen molar-refractivity contribution in [2.24, 2.45) is 5.92 Å². The van der Waals surface area contributed by atoms with Gasteiger partial charge in [-0.2, -0.15) is 0 Å². The zero-order valence-electron chi connectivity index (χ0n) is 15.9. The number of benzene rings is 1. The van der Waals surface area contributed by atoms with E-state index < -0.39 is 23.3 Å². The summed E-state index contributed by atoms with van der Waals surface area (Å²) in [6, 6.07) is 4.08. The maximum atomic E-state index is 13.3. The highest BCUT2D eigenvalue weighted by Gasteiger charge is 2.46. The number of imide groups is 1. The zero-order valence-corrected chi connectivity index (χ0v) is 16.7. The van der Waals surface area contributed by atoms with Crippen LogP contribution in [0.2, 0.25) is 5.02 Å². The Morgan fingerprint density at radius 1 is 1.29 bits per heavy atom. The molecule has 0 saturated carbocycles. The van der Waals surface area contributed by atoms with E-state index in [0.29, 0.717) is 32.6 Å². The van der Waals surface area contributed by atoms with Gasteiger partial charge in [-0.15, -0.1) is 0 Å². The predicted octanol–water partition coefficient (Wildman–Crippen LogP) is 2.14. The molecule has 2 aliphatic rings. The Balaban J connectivity index is 1.59. The first-order chi connectivity index (χ1) is 13.3. The van der Waals surface area contributed by atoms with Crippen LogP contribution in [-0.2, 0) is 9.59 Å². The average molecular weight is 411 g/mol. The molecule has 4 amide bonds. The van der Waals surface area contributed by atoms with Gasteiger partial charge in [0.15, 0.2) is 0 Å². The summed E-state index contributed by atoms with van der Waals surface area (Å²) in [5.74, 6) is -1.28. The Bertz CT molecular complexity index is 797.